The number of H-pyrrole nitrogens is 1. The number of rotatable bonds is 3. The average molecular weight is 331 g/mol. The molecule has 1 aromatic carbocycles. The van der Waals surface area contributed by atoms with Crippen LogP contribution in [0.3, 0.4) is 0 Å². The molecule has 0 spiro atoms. The third-order valence-corrected chi connectivity index (χ3v) is 7.42. The minimum atomic E-state index is -3.60. The fourth-order valence-corrected chi connectivity index (χ4v) is 7.01. The van der Waals surface area contributed by atoms with Crippen LogP contribution in [0.4, 0.5) is 0 Å². The zero-order valence-electron chi connectivity index (χ0n) is 13.0. The summed E-state index contributed by atoms with van der Waals surface area (Å²) < 4.78 is 28.8. The smallest absolute Gasteiger partial charge is 0.274 e. The second-order valence-corrected chi connectivity index (χ2v) is 9.46. The topological polar surface area (TPSA) is 74.8 Å². The van der Waals surface area contributed by atoms with Gasteiger partial charge in [0.05, 0.1) is 11.0 Å². The molecule has 2 aromatic rings. The van der Waals surface area contributed by atoms with Crippen LogP contribution in [0.5, 0.6) is 0 Å². The van der Waals surface area contributed by atoms with Gasteiger partial charge in [0, 0.05) is 5.54 Å². The molecule has 4 bridgehead atoms. The minimum Gasteiger partial charge on any atom is -0.328 e. The Hall–Kier alpha value is -1.40. The molecule has 0 unspecified atom stereocenters. The number of benzene rings is 1. The molecule has 0 atom stereocenters. The summed E-state index contributed by atoms with van der Waals surface area (Å²) in [6.07, 6.45) is 6.89. The van der Waals surface area contributed by atoms with Crippen molar-refractivity contribution in [3.63, 3.8) is 0 Å². The van der Waals surface area contributed by atoms with Gasteiger partial charge in [0.15, 0.2) is 0 Å². The maximum atomic E-state index is 12.9. The van der Waals surface area contributed by atoms with E-state index in [1.54, 1.807) is 0 Å². The molecule has 4 aliphatic carbocycles. The number of aromatic nitrogens is 2. The van der Waals surface area contributed by atoms with E-state index >= 15 is 0 Å². The normalized spacial score (nSPS) is 35.9. The molecule has 1 heterocycles. The lowest BCUT2D eigenvalue weighted by atomic mass is 9.53. The quantitative estimate of drug-likeness (QED) is 0.908. The molecule has 0 amide bonds. The number of sulfonamides is 1. The molecule has 2 N–H and O–H groups in total. The molecular formula is C17H21N3O2S. The van der Waals surface area contributed by atoms with Gasteiger partial charge >= 0.3 is 0 Å². The van der Waals surface area contributed by atoms with Crippen molar-refractivity contribution in [2.45, 2.75) is 49.2 Å². The Labute approximate surface area is 135 Å². The third kappa shape index (κ3) is 2.22. The zero-order valence-corrected chi connectivity index (χ0v) is 13.8. The summed E-state index contributed by atoms with van der Waals surface area (Å²) in [4.78, 5) is 7.23. The number of nitrogens with one attached hydrogen (secondary N) is 2. The molecule has 0 aliphatic heterocycles. The van der Waals surface area contributed by atoms with E-state index in [9.17, 15) is 8.42 Å². The summed E-state index contributed by atoms with van der Waals surface area (Å²) in [6, 6.07) is 7.43. The molecule has 23 heavy (non-hydrogen) atoms. The lowest BCUT2D eigenvalue weighted by Gasteiger charge is -2.56. The van der Waals surface area contributed by atoms with Gasteiger partial charge in [-0.05, 0) is 68.4 Å². The van der Waals surface area contributed by atoms with Crippen LogP contribution in [0, 0.1) is 17.8 Å². The molecule has 0 saturated heterocycles. The van der Waals surface area contributed by atoms with Crippen LogP contribution < -0.4 is 4.72 Å². The summed E-state index contributed by atoms with van der Waals surface area (Å²) in [6.45, 7) is 0. The molecule has 1 aromatic heterocycles. The molecule has 122 valence electrons. The average Bonchev–Trinajstić information content (AvgIpc) is 2.89. The van der Waals surface area contributed by atoms with Gasteiger partial charge in [-0.25, -0.2) is 18.1 Å². The predicted molar refractivity (Wildman–Crippen MR) is 87.3 cm³/mol. The van der Waals surface area contributed by atoms with E-state index < -0.39 is 10.0 Å². The first-order valence-corrected chi connectivity index (χ1v) is 9.98. The third-order valence-electron chi connectivity index (χ3n) is 6.01. The van der Waals surface area contributed by atoms with Crippen LogP contribution in [0.25, 0.3) is 11.0 Å². The summed E-state index contributed by atoms with van der Waals surface area (Å²) in [5, 5.41) is 0.0504. The lowest BCUT2D eigenvalue weighted by molar-refractivity contribution is -0.00816. The fraction of sp³-hybridized carbons (Fsp3) is 0.588. The van der Waals surface area contributed by atoms with Gasteiger partial charge in [-0.15, -0.1) is 0 Å². The first-order valence-electron chi connectivity index (χ1n) is 8.50. The minimum absolute atomic E-state index is 0.0504. The fourth-order valence-electron chi connectivity index (χ4n) is 5.63. The van der Waals surface area contributed by atoms with E-state index in [0.717, 1.165) is 24.8 Å². The van der Waals surface area contributed by atoms with Gasteiger partial charge < -0.3 is 4.98 Å². The van der Waals surface area contributed by atoms with Gasteiger partial charge in [-0.2, -0.15) is 0 Å². The van der Waals surface area contributed by atoms with Gasteiger partial charge in [0.2, 0.25) is 5.16 Å². The Bertz CT molecular complexity index is 803. The number of hydrogen-bond acceptors (Lipinski definition) is 3. The number of imidazole rings is 1. The largest absolute Gasteiger partial charge is 0.328 e. The van der Waals surface area contributed by atoms with Crippen molar-refractivity contribution in [2.24, 2.45) is 17.8 Å². The van der Waals surface area contributed by atoms with E-state index in [1.807, 2.05) is 24.3 Å². The first kappa shape index (κ1) is 14.0. The molecule has 0 radical (unpaired) electrons. The monoisotopic (exact) mass is 331 g/mol. The molecule has 5 nitrogen and oxygen atoms in total. The van der Waals surface area contributed by atoms with E-state index in [-0.39, 0.29) is 10.7 Å². The molecule has 4 fully saturated rings. The lowest BCUT2D eigenvalue weighted by Crippen LogP contribution is -2.59. The van der Waals surface area contributed by atoms with Crippen LogP contribution in [0.1, 0.15) is 38.5 Å². The van der Waals surface area contributed by atoms with E-state index in [0.29, 0.717) is 23.3 Å². The van der Waals surface area contributed by atoms with Crippen molar-refractivity contribution in [3.05, 3.63) is 24.3 Å². The van der Waals surface area contributed by atoms with Crippen molar-refractivity contribution < 1.29 is 8.42 Å². The molecular weight excluding hydrogens is 310 g/mol. The Kier molecular flexibility index (Phi) is 2.78. The Balaban J connectivity index is 1.49. The summed E-state index contributed by atoms with van der Waals surface area (Å²) >= 11 is 0. The number of fused-ring (bicyclic) bond motifs is 1. The van der Waals surface area contributed by atoms with Crippen LogP contribution in [-0.2, 0) is 10.0 Å². The summed E-state index contributed by atoms with van der Waals surface area (Å²) in [5.74, 6) is 2.12. The number of para-hydroxylation sites is 2. The standard InChI is InChI=1S/C17H21N3O2S/c21-23(22,16-18-14-3-1-2-4-15(14)19-16)20-17-8-11-5-12(9-17)7-13(6-11)10-17/h1-4,11-13,20H,5-10H2,(H,18,19). The van der Waals surface area contributed by atoms with Crippen LogP contribution >= 0.6 is 0 Å². The van der Waals surface area contributed by atoms with Crippen molar-refractivity contribution >= 4 is 21.1 Å². The second kappa shape index (κ2) is 4.57. The Morgan fingerprint density at radius 1 is 1.04 bits per heavy atom. The maximum Gasteiger partial charge on any atom is 0.274 e. The van der Waals surface area contributed by atoms with E-state index in [4.69, 9.17) is 0 Å². The predicted octanol–water partition coefficient (Wildman–Crippen LogP) is 2.81. The zero-order chi connectivity index (χ0) is 15.7. The SMILES string of the molecule is O=S(=O)(NC12CC3CC(CC(C3)C1)C2)c1nc2ccccc2[nH]1. The van der Waals surface area contributed by atoms with E-state index in [1.165, 1.54) is 19.3 Å². The highest BCUT2D eigenvalue weighted by Crippen LogP contribution is 2.55. The van der Waals surface area contributed by atoms with Gasteiger partial charge in [-0.1, -0.05) is 12.1 Å². The van der Waals surface area contributed by atoms with Gasteiger partial charge in [-0.3, -0.25) is 0 Å². The number of aromatic amines is 1. The Morgan fingerprint density at radius 2 is 1.65 bits per heavy atom. The molecule has 6 heteroatoms. The van der Waals surface area contributed by atoms with Gasteiger partial charge in [0.25, 0.3) is 10.0 Å². The first-order chi connectivity index (χ1) is 11.0. The maximum absolute atomic E-state index is 12.9. The number of nitrogens with zero attached hydrogens (tertiary/aromatic N) is 1. The van der Waals surface area contributed by atoms with Gasteiger partial charge in [0.1, 0.15) is 0 Å². The van der Waals surface area contributed by atoms with Crippen molar-refractivity contribution in [1.29, 1.82) is 0 Å². The molecule has 4 aliphatic rings. The summed E-state index contributed by atoms with van der Waals surface area (Å²) in [5.41, 5.74) is 1.23. The highest BCUT2D eigenvalue weighted by atomic mass is 32.2. The van der Waals surface area contributed by atoms with Crippen LogP contribution in [0.15, 0.2) is 29.4 Å². The van der Waals surface area contributed by atoms with Crippen molar-refractivity contribution in [2.75, 3.05) is 0 Å². The second-order valence-electron chi connectivity index (χ2n) is 7.86. The highest BCUT2D eigenvalue weighted by molar-refractivity contribution is 7.89. The van der Waals surface area contributed by atoms with Crippen LogP contribution in [0.2, 0.25) is 0 Å². The molecule has 4 saturated carbocycles. The van der Waals surface area contributed by atoms with Crippen molar-refractivity contribution in [3.8, 4) is 0 Å². The highest BCUT2D eigenvalue weighted by Gasteiger charge is 2.52. The number of hydrogen-bond donors (Lipinski definition) is 2. The van der Waals surface area contributed by atoms with E-state index in [2.05, 4.69) is 14.7 Å². The summed E-state index contributed by atoms with van der Waals surface area (Å²) in [7, 11) is -3.60. The Morgan fingerprint density at radius 3 is 2.26 bits per heavy atom. The van der Waals surface area contributed by atoms with Crippen LogP contribution in [-0.4, -0.2) is 23.9 Å². The molecule has 6 rings (SSSR count). The van der Waals surface area contributed by atoms with Crippen molar-refractivity contribution in [1.82, 2.24) is 14.7 Å².